The van der Waals surface area contributed by atoms with Crippen molar-refractivity contribution in [3.63, 3.8) is 0 Å². The number of amides is 2. The second kappa shape index (κ2) is 5.94. The highest BCUT2D eigenvalue weighted by atomic mass is 16.2. The molecule has 0 aliphatic carbocycles. The van der Waals surface area contributed by atoms with Crippen LogP contribution in [-0.4, -0.2) is 48.1 Å². The largest absolute Gasteiger partial charge is 0.338 e. The molecule has 0 spiro atoms. The van der Waals surface area contributed by atoms with E-state index in [1.807, 2.05) is 26.1 Å². The quantitative estimate of drug-likeness (QED) is 0.755. The molecule has 0 radical (unpaired) electrons. The average Bonchev–Trinajstić information content (AvgIpc) is 3.26. The van der Waals surface area contributed by atoms with Gasteiger partial charge < -0.3 is 4.90 Å². The highest BCUT2D eigenvalue weighted by Gasteiger charge is 2.44. The Morgan fingerprint density at radius 3 is 2.81 bits per heavy atom. The number of fused-ring (bicyclic) bond motifs is 1. The van der Waals surface area contributed by atoms with Crippen molar-refractivity contribution in [3.05, 3.63) is 41.9 Å². The van der Waals surface area contributed by atoms with Gasteiger partial charge in [-0.25, -0.2) is 4.52 Å². The van der Waals surface area contributed by atoms with Crippen molar-refractivity contribution in [3.8, 4) is 0 Å². The van der Waals surface area contributed by atoms with Gasteiger partial charge in [-0.05, 0) is 19.1 Å². The molecule has 26 heavy (non-hydrogen) atoms. The molecule has 4 heterocycles. The van der Waals surface area contributed by atoms with Crippen LogP contribution in [0.3, 0.4) is 0 Å². The maximum atomic E-state index is 12.9. The zero-order valence-electron chi connectivity index (χ0n) is 14.7. The Balaban J connectivity index is 1.62. The number of carbonyl (C=O) groups excluding carboxylic acids is 2. The van der Waals surface area contributed by atoms with Crippen molar-refractivity contribution >= 4 is 23.4 Å². The monoisotopic (exact) mass is 353 g/mol. The predicted octanol–water partition coefficient (Wildman–Crippen LogP) is 0.929. The summed E-state index contributed by atoms with van der Waals surface area (Å²) in [6, 6.07) is 5.13. The van der Waals surface area contributed by atoms with E-state index in [4.69, 9.17) is 0 Å². The van der Waals surface area contributed by atoms with E-state index < -0.39 is 5.92 Å². The smallest absolute Gasteiger partial charge is 0.249 e. The van der Waals surface area contributed by atoms with E-state index in [2.05, 4.69) is 20.5 Å². The molecule has 1 aliphatic heterocycles. The number of aromatic nitrogens is 5. The van der Waals surface area contributed by atoms with Gasteiger partial charge in [-0.1, -0.05) is 6.07 Å². The van der Waals surface area contributed by atoms with Crippen LogP contribution in [0.4, 0.5) is 5.95 Å². The highest BCUT2D eigenvalue weighted by Crippen LogP contribution is 2.38. The average molecular weight is 353 g/mol. The number of pyridine rings is 1. The number of rotatable bonds is 3. The number of aryl methyl sites for hydroxylation is 1. The SMILES string of the molecule is Cc1c([C@@H]2[C@@H](C(=O)Nc3nc4ccccn4n3)CC(=O)N2C)cnn1C. The zero-order valence-corrected chi connectivity index (χ0v) is 14.7. The second-order valence-electron chi connectivity index (χ2n) is 6.50. The third-order valence-corrected chi connectivity index (χ3v) is 4.99. The van der Waals surface area contributed by atoms with Crippen molar-refractivity contribution in [1.82, 2.24) is 29.3 Å². The van der Waals surface area contributed by atoms with Crippen LogP contribution in [0.2, 0.25) is 0 Å². The molecule has 3 aromatic rings. The Kier molecular flexibility index (Phi) is 3.71. The first-order valence-electron chi connectivity index (χ1n) is 8.32. The molecular formula is C17H19N7O2. The highest BCUT2D eigenvalue weighted by molar-refractivity contribution is 5.97. The van der Waals surface area contributed by atoms with Crippen molar-refractivity contribution < 1.29 is 9.59 Å². The van der Waals surface area contributed by atoms with Crippen LogP contribution in [0.1, 0.15) is 23.7 Å². The number of hydrogen-bond acceptors (Lipinski definition) is 5. The molecule has 1 aliphatic rings. The third kappa shape index (κ3) is 2.52. The van der Waals surface area contributed by atoms with Crippen molar-refractivity contribution in [2.24, 2.45) is 13.0 Å². The van der Waals surface area contributed by atoms with E-state index in [-0.39, 0.29) is 30.2 Å². The number of hydrogen-bond donors (Lipinski definition) is 1. The van der Waals surface area contributed by atoms with E-state index >= 15 is 0 Å². The molecule has 3 aromatic heterocycles. The maximum Gasteiger partial charge on any atom is 0.249 e. The lowest BCUT2D eigenvalue weighted by molar-refractivity contribution is -0.128. The van der Waals surface area contributed by atoms with Crippen molar-refractivity contribution in [2.75, 3.05) is 12.4 Å². The van der Waals surface area contributed by atoms with Gasteiger partial charge in [-0.15, -0.1) is 5.10 Å². The molecule has 9 nitrogen and oxygen atoms in total. The van der Waals surface area contributed by atoms with Gasteiger partial charge in [-0.3, -0.25) is 19.6 Å². The number of nitrogens with zero attached hydrogens (tertiary/aromatic N) is 6. The van der Waals surface area contributed by atoms with Gasteiger partial charge in [0.05, 0.1) is 18.2 Å². The summed E-state index contributed by atoms with van der Waals surface area (Å²) >= 11 is 0. The standard InChI is InChI=1S/C17H19N7O2/c1-10-12(9-18-23(10)3)15-11(8-14(25)22(15)2)16(26)20-17-19-13-6-4-5-7-24(13)21-17/h4-7,9,11,15H,8H2,1-3H3,(H,20,21,26)/t11-,15-/m0/s1. The number of nitrogens with one attached hydrogen (secondary N) is 1. The summed E-state index contributed by atoms with van der Waals surface area (Å²) < 4.78 is 3.33. The molecule has 1 N–H and O–H groups in total. The first kappa shape index (κ1) is 16.2. The normalized spacial score (nSPS) is 20.1. The second-order valence-corrected chi connectivity index (χ2v) is 6.50. The van der Waals surface area contributed by atoms with Gasteiger partial charge >= 0.3 is 0 Å². The van der Waals surface area contributed by atoms with Crippen LogP contribution in [-0.2, 0) is 16.6 Å². The number of carbonyl (C=O) groups is 2. The van der Waals surface area contributed by atoms with Crippen LogP contribution in [0.15, 0.2) is 30.6 Å². The van der Waals surface area contributed by atoms with Gasteiger partial charge in [0.25, 0.3) is 0 Å². The van der Waals surface area contributed by atoms with Crippen LogP contribution < -0.4 is 5.32 Å². The lowest BCUT2D eigenvalue weighted by atomic mass is 9.93. The maximum absolute atomic E-state index is 12.9. The molecule has 1 saturated heterocycles. The summed E-state index contributed by atoms with van der Waals surface area (Å²) in [6.07, 6.45) is 3.62. The molecule has 1 fully saturated rings. The van der Waals surface area contributed by atoms with Crippen LogP contribution in [0, 0.1) is 12.8 Å². The molecule has 134 valence electrons. The lowest BCUT2D eigenvalue weighted by Gasteiger charge is -2.24. The van der Waals surface area contributed by atoms with E-state index in [1.165, 1.54) is 0 Å². The lowest BCUT2D eigenvalue weighted by Crippen LogP contribution is -2.30. The summed E-state index contributed by atoms with van der Waals surface area (Å²) in [7, 11) is 3.56. The predicted molar refractivity (Wildman–Crippen MR) is 93.2 cm³/mol. The Bertz CT molecular complexity index is 973. The molecule has 4 rings (SSSR count). The molecule has 2 amide bonds. The van der Waals surface area contributed by atoms with Crippen LogP contribution in [0.5, 0.6) is 0 Å². The van der Waals surface area contributed by atoms with Gasteiger partial charge in [0.15, 0.2) is 5.65 Å². The van der Waals surface area contributed by atoms with Crippen LogP contribution >= 0.6 is 0 Å². The van der Waals surface area contributed by atoms with Gasteiger partial charge in [-0.2, -0.15) is 10.1 Å². The fraction of sp³-hybridized carbons (Fsp3) is 0.353. The van der Waals surface area contributed by atoms with E-state index in [1.54, 1.807) is 39.6 Å². The summed E-state index contributed by atoms with van der Waals surface area (Å²) in [6.45, 7) is 1.93. The summed E-state index contributed by atoms with van der Waals surface area (Å²) in [5, 5.41) is 11.2. The van der Waals surface area contributed by atoms with Crippen molar-refractivity contribution in [2.45, 2.75) is 19.4 Å². The fourth-order valence-electron chi connectivity index (χ4n) is 3.42. The number of likely N-dealkylation sites (tertiary alicyclic amines) is 1. The minimum Gasteiger partial charge on any atom is -0.338 e. The molecule has 0 aromatic carbocycles. The minimum atomic E-state index is -0.526. The first-order valence-corrected chi connectivity index (χ1v) is 8.32. The fourth-order valence-corrected chi connectivity index (χ4v) is 3.42. The molecule has 9 heteroatoms. The molecule has 2 atom stereocenters. The molecule has 0 saturated carbocycles. The Labute approximate surface area is 149 Å². The summed E-state index contributed by atoms with van der Waals surface area (Å²) in [5.74, 6) is -0.639. The van der Waals surface area contributed by atoms with Gasteiger partial charge in [0.1, 0.15) is 0 Å². The molecule has 0 unspecified atom stereocenters. The molecule has 0 bridgehead atoms. The Morgan fingerprint density at radius 1 is 1.31 bits per heavy atom. The third-order valence-electron chi connectivity index (χ3n) is 4.99. The zero-order chi connectivity index (χ0) is 18.4. The molecular weight excluding hydrogens is 334 g/mol. The first-order chi connectivity index (χ1) is 12.5. The number of anilines is 1. The topological polar surface area (TPSA) is 97.4 Å². The summed E-state index contributed by atoms with van der Waals surface area (Å²) in [5.41, 5.74) is 2.45. The Morgan fingerprint density at radius 2 is 2.12 bits per heavy atom. The minimum absolute atomic E-state index is 0.0682. The Hall–Kier alpha value is -3.23. The van der Waals surface area contributed by atoms with Crippen molar-refractivity contribution in [1.29, 1.82) is 0 Å². The van der Waals surface area contributed by atoms with E-state index in [9.17, 15) is 9.59 Å². The van der Waals surface area contributed by atoms with E-state index in [0.29, 0.717) is 5.65 Å². The van der Waals surface area contributed by atoms with Gasteiger partial charge in [0, 0.05) is 38.0 Å². The van der Waals surface area contributed by atoms with Crippen LogP contribution in [0.25, 0.3) is 5.65 Å². The van der Waals surface area contributed by atoms with E-state index in [0.717, 1.165) is 11.3 Å². The van der Waals surface area contributed by atoms with Gasteiger partial charge in [0.2, 0.25) is 17.8 Å². The summed E-state index contributed by atoms with van der Waals surface area (Å²) in [4.78, 5) is 31.0.